The van der Waals surface area contributed by atoms with Crippen molar-refractivity contribution in [1.82, 2.24) is 0 Å². The summed E-state index contributed by atoms with van der Waals surface area (Å²) < 4.78 is 32.0. The summed E-state index contributed by atoms with van der Waals surface area (Å²) >= 11 is 0. The van der Waals surface area contributed by atoms with Crippen LogP contribution < -0.4 is 4.74 Å². The Hall–Kier alpha value is -2.23. The van der Waals surface area contributed by atoms with Crippen molar-refractivity contribution in [3.8, 4) is 16.9 Å². The molecule has 0 unspecified atom stereocenters. The number of rotatable bonds is 3. The van der Waals surface area contributed by atoms with Crippen molar-refractivity contribution in [2.75, 3.05) is 7.11 Å². The van der Waals surface area contributed by atoms with E-state index >= 15 is 0 Å². The molecular formula is C14H10F2O2. The Morgan fingerprint density at radius 1 is 1.17 bits per heavy atom. The second kappa shape index (κ2) is 4.96. The quantitative estimate of drug-likeness (QED) is 0.777. The van der Waals surface area contributed by atoms with Crippen molar-refractivity contribution in [2.24, 2.45) is 0 Å². The summed E-state index contributed by atoms with van der Waals surface area (Å²) in [7, 11) is 1.45. The summed E-state index contributed by atoms with van der Waals surface area (Å²) in [6, 6.07) is 8.42. The minimum atomic E-state index is -0.790. The molecule has 0 aliphatic heterocycles. The summed E-state index contributed by atoms with van der Waals surface area (Å²) in [6.45, 7) is 0. The molecule has 0 aliphatic rings. The molecule has 0 bridgehead atoms. The number of halogens is 2. The smallest absolute Gasteiger partial charge is 0.150 e. The van der Waals surface area contributed by atoms with E-state index in [0.29, 0.717) is 17.6 Å². The highest BCUT2D eigenvalue weighted by Gasteiger charge is 2.16. The molecule has 0 N–H and O–H groups in total. The summed E-state index contributed by atoms with van der Waals surface area (Å²) in [5.74, 6) is -1.15. The van der Waals surface area contributed by atoms with Crippen molar-refractivity contribution in [2.45, 2.75) is 0 Å². The molecule has 0 aliphatic carbocycles. The summed E-state index contributed by atoms with van der Waals surface area (Å²) in [4.78, 5) is 10.9. The molecule has 0 radical (unpaired) electrons. The topological polar surface area (TPSA) is 26.3 Å². The first-order valence-corrected chi connectivity index (χ1v) is 5.25. The third kappa shape index (κ3) is 2.09. The van der Waals surface area contributed by atoms with Gasteiger partial charge in [-0.05, 0) is 12.1 Å². The zero-order valence-electron chi connectivity index (χ0n) is 9.61. The maximum Gasteiger partial charge on any atom is 0.150 e. The predicted octanol–water partition coefficient (Wildman–Crippen LogP) is 3.45. The largest absolute Gasteiger partial charge is 0.496 e. The lowest BCUT2D eigenvalue weighted by molar-refractivity contribution is 0.112. The second-order valence-corrected chi connectivity index (χ2v) is 3.67. The molecule has 0 heterocycles. The van der Waals surface area contributed by atoms with E-state index in [1.165, 1.54) is 7.11 Å². The van der Waals surface area contributed by atoms with E-state index in [4.69, 9.17) is 4.74 Å². The molecule has 0 fully saturated rings. The third-order valence-electron chi connectivity index (χ3n) is 2.59. The Kier molecular flexibility index (Phi) is 3.37. The van der Waals surface area contributed by atoms with Crippen LogP contribution in [0.3, 0.4) is 0 Å². The predicted molar refractivity (Wildman–Crippen MR) is 63.7 cm³/mol. The number of hydrogen-bond acceptors (Lipinski definition) is 2. The maximum absolute atomic E-state index is 13.8. The van der Waals surface area contributed by atoms with Crippen molar-refractivity contribution in [3.05, 3.63) is 53.6 Å². The lowest BCUT2D eigenvalue weighted by Crippen LogP contribution is -1.96. The van der Waals surface area contributed by atoms with Gasteiger partial charge in [0.25, 0.3) is 0 Å². The molecule has 0 aromatic heterocycles. The number of aldehydes is 1. The summed E-state index contributed by atoms with van der Waals surface area (Å²) in [6.07, 6.45) is 0.425. The first kappa shape index (κ1) is 12.2. The van der Waals surface area contributed by atoms with Gasteiger partial charge in [0.15, 0.2) is 6.29 Å². The first-order valence-electron chi connectivity index (χ1n) is 5.25. The molecule has 18 heavy (non-hydrogen) atoms. The van der Waals surface area contributed by atoms with E-state index in [-0.39, 0.29) is 11.1 Å². The minimum absolute atomic E-state index is 0.0444. The van der Waals surface area contributed by atoms with E-state index in [9.17, 15) is 13.6 Å². The van der Waals surface area contributed by atoms with Crippen LogP contribution in [0.15, 0.2) is 36.4 Å². The van der Waals surface area contributed by atoms with Gasteiger partial charge in [-0.3, -0.25) is 4.79 Å². The van der Waals surface area contributed by atoms with Crippen LogP contribution in [0, 0.1) is 11.6 Å². The van der Waals surface area contributed by atoms with Gasteiger partial charge in [0.05, 0.1) is 7.11 Å². The molecule has 0 atom stereocenters. The molecular weight excluding hydrogens is 238 g/mol. The van der Waals surface area contributed by atoms with Crippen LogP contribution in [0.5, 0.6) is 5.75 Å². The van der Waals surface area contributed by atoms with Crippen LogP contribution in [0.4, 0.5) is 8.78 Å². The molecule has 2 nitrogen and oxygen atoms in total. The van der Waals surface area contributed by atoms with E-state index in [1.807, 2.05) is 0 Å². The Balaban J connectivity index is 2.74. The Labute approximate surface area is 103 Å². The average molecular weight is 248 g/mol. The van der Waals surface area contributed by atoms with Crippen LogP contribution in [-0.4, -0.2) is 13.4 Å². The van der Waals surface area contributed by atoms with Gasteiger partial charge in [-0.1, -0.05) is 18.2 Å². The van der Waals surface area contributed by atoms with Gasteiger partial charge in [-0.2, -0.15) is 0 Å². The first-order chi connectivity index (χ1) is 8.67. The number of carbonyl (C=O) groups is 1. The fourth-order valence-electron chi connectivity index (χ4n) is 1.82. The summed E-state index contributed by atoms with van der Waals surface area (Å²) in [5, 5.41) is 0. The molecule has 2 aromatic carbocycles. The molecule has 0 saturated heterocycles. The van der Waals surface area contributed by atoms with E-state index in [0.717, 1.165) is 12.1 Å². The fourth-order valence-corrected chi connectivity index (χ4v) is 1.82. The molecule has 2 aromatic rings. The van der Waals surface area contributed by atoms with Gasteiger partial charge in [-0.15, -0.1) is 0 Å². The highest BCUT2D eigenvalue weighted by molar-refractivity contribution is 5.89. The van der Waals surface area contributed by atoms with Gasteiger partial charge in [-0.25, -0.2) is 8.78 Å². The van der Waals surface area contributed by atoms with E-state index < -0.39 is 11.6 Å². The highest BCUT2D eigenvalue weighted by atomic mass is 19.1. The van der Waals surface area contributed by atoms with Crippen LogP contribution in [0.2, 0.25) is 0 Å². The van der Waals surface area contributed by atoms with Gasteiger partial charge in [0.2, 0.25) is 0 Å². The Bertz CT molecular complexity index is 594. The Morgan fingerprint density at radius 3 is 2.56 bits per heavy atom. The highest BCUT2D eigenvalue weighted by Crippen LogP contribution is 2.34. The number of methoxy groups -OCH3 is 1. The normalized spacial score (nSPS) is 10.2. The van der Waals surface area contributed by atoms with Gasteiger partial charge >= 0.3 is 0 Å². The summed E-state index contributed by atoms with van der Waals surface area (Å²) in [5.41, 5.74) is 0.417. The zero-order valence-corrected chi connectivity index (χ0v) is 9.61. The van der Waals surface area contributed by atoms with Crippen molar-refractivity contribution in [3.63, 3.8) is 0 Å². The van der Waals surface area contributed by atoms with Crippen molar-refractivity contribution in [1.29, 1.82) is 0 Å². The fraction of sp³-hybridized carbons (Fsp3) is 0.0714. The van der Waals surface area contributed by atoms with Crippen molar-refractivity contribution < 1.29 is 18.3 Å². The monoisotopic (exact) mass is 248 g/mol. The number of para-hydroxylation sites is 1. The average Bonchev–Trinajstić information content (AvgIpc) is 2.38. The van der Waals surface area contributed by atoms with Crippen LogP contribution in [-0.2, 0) is 0 Å². The van der Waals surface area contributed by atoms with Crippen LogP contribution >= 0.6 is 0 Å². The third-order valence-corrected chi connectivity index (χ3v) is 2.59. The molecule has 0 saturated carbocycles. The molecule has 2 rings (SSSR count). The number of benzene rings is 2. The SMILES string of the molecule is COc1ccccc1-c1c(F)cc(F)cc1C=O. The Morgan fingerprint density at radius 2 is 1.89 bits per heavy atom. The number of carbonyl (C=O) groups excluding carboxylic acids is 1. The second-order valence-electron chi connectivity index (χ2n) is 3.67. The standard InChI is InChI=1S/C14H10F2O2/c1-18-13-5-3-2-4-11(13)14-9(8-17)6-10(15)7-12(14)16/h2-8H,1H3. The maximum atomic E-state index is 13.8. The van der Waals surface area contributed by atoms with Crippen LogP contribution in [0.1, 0.15) is 10.4 Å². The molecule has 4 heteroatoms. The van der Waals surface area contributed by atoms with E-state index in [1.54, 1.807) is 24.3 Å². The lowest BCUT2D eigenvalue weighted by atomic mass is 9.98. The van der Waals surface area contributed by atoms with Gasteiger partial charge in [0, 0.05) is 22.8 Å². The number of ether oxygens (including phenoxy) is 1. The van der Waals surface area contributed by atoms with Crippen molar-refractivity contribution >= 4 is 6.29 Å². The number of hydrogen-bond donors (Lipinski definition) is 0. The minimum Gasteiger partial charge on any atom is -0.496 e. The van der Waals surface area contributed by atoms with Gasteiger partial charge < -0.3 is 4.74 Å². The van der Waals surface area contributed by atoms with Crippen LogP contribution in [0.25, 0.3) is 11.1 Å². The molecule has 0 amide bonds. The van der Waals surface area contributed by atoms with E-state index in [2.05, 4.69) is 0 Å². The molecule has 92 valence electrons. The lowest BCUT2D eigenvalue weighted by Gasteiger charge is -2.11. The van der Waals surface area contributed by atoms with Gasteiger partial charge in [0.1, 0.15) is 17.4 Å². The zero-order chi connectivity index (χ0) is 13.1. The molecule has 0 spiro atoms.